The summed E-state index contributed by atoms with van der Waals surface area (Å²) < 4.78 is 0.841. The van der Waals surface area contributed by atoms with Gasteiger partial charge in [-0.05, 0) is 52.7 Å². The Morgan fingerprint density at radius 3 is 2.71 bits per heavy atom. The summed E-state index contributed by atoms with van der Waals surface area (Å²) in [5.74, 6) is -0.174. The number of para-hydroxylation sites is 1. The monoisotopic (exact) mass is 343 g/mol. The summed E-state index contributed by atoms with van der Waals surface area (Å²) in [5, 5.41) is 14.8. The summed E-state index contributed by atoms with van der Waals surface area (Å²) in [5.41, 5.74) is 3.00. The number of aryl methyl sites for hydroxylation is 1. The number of nitrogens with zero attached hydrogens (tertiary/aromatic N) is 1. The Hall–Kier alpha value is -2.32. The second kappa shape index (κ2) is 6.91. The Bertz CT molecular complexity index is 707. The normalized spacial score (nSPS) is 9.76. The highest BCUT2D eigenvalue weighted by Gasteiger charge is 2.07. The van der Waals surface area contributed by atoms with E-state index in [1.165, 1.54) is 0 Å². The SMILES string of the molecule is Cc1ccc(NC(=O)CNc2ccccc2C#N)c(Br)c1. The molecule has 0 heterocycles. The predicted octanol–water partition coefficient (Wildman–Crippen LogP) is 3.68. The average molecular weight is 344 g/mol. The maximum Gasteiger partial charge on any atom is 0.243 e. The Kier molecular flexibility index (Phi) is 4.96. The van der Waals surface area contributed by atoms with Crippen LogP contribution < -0.4 is 10.6 Å². The van der Waals surface area contributed by atoms with Crippen molar-refractivity contribution >= 4 is 33.2 Å². The van der Waals surface area contributed by atoms with Crippen molar-refractivity contribution in [2.75, 3.05) is 17.2 Å². The van der Waals surface area contributed by atoms with Crippen LogP contribution in [-0.2, 0) is 4.79 Å². The number of benzene rings is 2. The molecule has 1 amide bonds. The van der Waals surface area contributed by atoms with E-state index in [9.17, 15) is 4.79 Å². The molecule has 0 fully saturated rings. The maximum atomic E-state index is 11.9. The van der Waals surface area contributed by atoms with E-state index in [0.717, 1.165) is 15.7 Å². The summed E-state index contributed by atoms with van der Waals surface area (Å²) >= 11 is 3.42. The van der Waals surface area contributed by atoms with Crippen LogP contribution in [0.4, 0.5) is 11.4 Å². The number of hydrogen-bond acceptors (Lipinski definition) is 3. The molecule has 2 rings (SSSR count). The standard InChI is InChI=1S/C16H14BrN3O/c1-11-6-7-15(13(17)8-11)20-16(21)10-19-14-5-3-2-4-12(14)9-18/h2-8,19H,10H2,1H3,(H,20,21). The molecule has 21 heavy (non-hydrogen) atoms. The van der Waals surface area contributed by atoms with E-state index in [2.05, 4.69) is 32.6 Å². The van der Waals surface area contributed by atoms with E-state index in [1.807, 2.05) is 31.2 Å². The number of rotatable bonds is 4. The van der Waals surface area contributed by atoms with E-state index in [1.54, 1.807) is 18.2 Å². The van der Waals surface area contributed by atoms with Crippen molar-refractivity contribution in [3.05, 3.63) is 58.1 Å². The topological polar surface area (TPSA) is 64.9 Å². The van der Waals surface area contributed by atoms with Crippen LogP contribution in [0.15, 0.2) is 46.9 Å². The van der Waals surface area contributed by atoms with Crippen molar-refractivity contribution in [1.82, 2.24) is 0 Å². The van der Waals surface area contributed by atoms with Gasteiger partial charge >= 0.3 is 0 Å². The van der Waals surface area contributed by atoms with E-state index >= 15 is 0 Å². The molecule has 0 aliphatic carbocycles. The van der Waals surface area contributed by atoms with Gasteiger partial charge in [0.15, 0.2) is 0 Å². The Morgan fingerprint density at radius 2 is 2.00 bits per heavy atom. The van der Waals surface area contributed by atoms with E-state index < -0.39 is 0 Å². The zero-order valence-corrected chi connectivity index (χ0v) is 13.1. The number of nitrogens with one attached hydrogen (secondary N) is 2. The third-order valence-electron chi connectivity index (χ3n) is 2.89. The lowest BCUT2D eigenvalue weighted by molar-refractivity contribution is -0.114. The fraction of sp³-hybridized carbons (Fsp3) is 0.125. The third kappa shape index (κ3) is 4.07. The summed E-state index contributed by atoms with van der Waals surface area (Å²) in [6, 6.07) is 14.9. The summed E-state index contributed by atoms with van der Waals surface area (Å²) in [7, 11) is 0. The summed E-state index contributed by atoms with van der Waals surface area (Å²) in [4.78, 5) is 11.9. The number of halogens is 1. The van der Waals surface area contributed by atoms with Gasteiger partial charge in [0.25, 0.3) is 0 Å². The van der Waals surface area contributed by atoms with Gasteiger partial charge in [-0.2, -0.15) is 5.26 Å². The van der Waals surface area contributed by atoms with E-state index in [0.29, 0.717) is 11.3 Å². The zero-order chi connectivity index (χ0) is 15.2. The largest absolute Gasteiger partial charge is 0.375 e. The van der Waals surface area contributed by atoms with Gasteiger partial charge in [-0.3, -0.25) is 4.79 Å². The van der Waals surface area contributed by atoms with Gasteiger partial charge in [-0.15, -0.1) is 0 Å². The van der Waals surface area contributed by atoms with Gasteiger partial charge < -0.3 is 10.6 Å². The minimum absolute atomic E-state index is 0.0962. The molecule has 0 saturated heterocycles. The van der Waals surface area contributed by atoms with Crippen LogP contribution in [0.25, 0.3) is 0 Å². The predicted molar refractivity (Wildman–Crippen MR) is 87.2 cm³/mol. The second-order valence-electron chi connectivity index (χ2n) is 4.54. The summed E-state index contributed by atoms with van der Waals surface area (Å²) in [6.45, 7) is 2.08. The van der Waals surface area contributed by atoms with Crippen molar-refractivity contribution in [3.63, 3.8) is 0 Å². The molecule has 0 bridgehead atoms. The van der Waals surface area contributed by atoms with Crippen LogP contribution in [0.3, 0.4) is 0 Å². The molecule has 0 spiro atoms. The number of amides is 1. The van der Waals surface area contributed by atoms with Crippen molar-refractivity contribution in [2.45, 2.75) is 6.92 Å². The first kappa shape index (κ1) is 15.1. The number of anilines is 2. The quantitative estimate of drug-likeness (QED) is 0.889. The van der Waals surface area contributed by atoms with Gasteiger partial charge in [0.05, 0.1) is 23.5 Å². The smallest absolute Gasteiger partial charge is 0.243 e. The highest BCUT2D eigenvalue weighted by molar-refractivity contribution is 9.10. The molecule has 0 saturated carbocycles. The summed E-state index contributed by atoms with van der Waals surface area (Å²) in [6.07, 6.45) is 0. The molecule has 106 valence electrons. The molecule has 0 aromatic heterocycles. The molecular weight excluding hydrogens is 330 g/mol. The molecule has 2 N–H and O–H groups in total. The van der Waals surface area contributed by atoms with Crippen molar-refractivity contribution in [3.8, 4) is 6.07 Å². The van der Waals surface area contributed by atoms with Gasteiger partial charge in [-0.25, -0.2) is 0 Å². The molecule has 0 unspecified atom stereocenters. The maximum absolute atomic E-state index is 11.9. The molecule has 0 aliphatic heterocycles. The van der Waals surface area contributed by atoms with Crippen LogP contribution in [0.1, 0.15) is 11.1 Å². The minimum atomic E-state index is -0.174. The van der Waals surface area contributed by atoms with Crippen molar-refractivity contribution in [1.29, 1.82) is 5.26 Å². The molecule has 2 aromatic rings. The Morgan fingerprint density at radius 1 is 1.24 bits per heavy atom. The molecule has 0 radical (unpaired) electrons. The highest BCUT2D eigenvalue weighted by Crippen LogP contribution is 2.23. The Balaban J connectivity index is 1.98. The fourth-order valence-corrected chi connectivity index (χ4v) is 2.42. The van der Waals surface area contributed by atoms with Crippen molar-refractivity contribution in [2.24, 2.45) is 0 Å². The van der Waals surface area contributed by atoms with Crippen LogP contribution in [0.5, 0.6) is 0 Å². The average Bonchev–Trinajstić information content (AvgIpc) is 2.48. The fourth-order valence-electron chi connectivity index (χ4n) is 1.83. The lowest BCUT2D eigenvalue weighted by Crippen LogP contribution is -2.22. The van der Waals surface area contributed by atoms with Gasteiger partial charge in [-0.1, -0.05) is 18.2 Å². The van der Waals surface area contributed by atoms with Gasteiger partial charge in [0.2, 0.25) is 5.91 Å². The molecule has 2 aromatic carbocycles. The number of carbonyl (C=O) groups excluding carboxylic acids is 1. The molecular formula is C16H14BrN3O. The first-order valence-corrected chi connectivity index (χ1v) is 7.18. The van der Waals surface area contributed by atoms with Crippen LogP contribution in [0, 0.1) is 18.3 Å². The first-order chi connectivity index (χ1) is 10.1. The van der Waals surface area contributed by atoms with E-state index in [4.69, 9.17) is 5.26 Å². The molecule has 0 atom stereocenters. The third-order valence-corrected chi connectivity index (χ3v) is 3.54. The van der Waals surface area contributed by atoms with Gasteiger partial charge in [0, 0.05) is 4.47 Å². The van der Waals surface area contributed by atoms with Crippen LogP contribution in [-0.4, -0.2) is 12.5 Å². The van der Waals surface area contributed by atoms with Crippen molar-refractivity contribution < 1.29 is 4.79 Å². The lowest BCUT2D eigenvalue weighted by atomic mass is 10.2. The van der Waals surface area contributed by atoms with Crippen LogP contribution >= 0.6 is 15.9 Å². The second-order valence-corrected chi connectivity index (χ2v) is 5.40. The zero-order valence-electron chi connectivity index (χ0n) is 11.5. The van der Waals surface area contributed by atoms with Crippen LogP contribution in [0.2, 0.25) is 0 Å². The first-order valence-electron chi connectivity index (χ1n) is 6.39. The van der Waals surface area contributed by atoms with E-state index in [-0.39, 0.29) is 12.5 Å². The molecule has 4 nitrogen and oxygen atoms in total. The number of carbonyl (C=O) groups is 1. The lowest BCUT2D eigenvalue weighted by Gasteiger charge is -2.10. The minimum Gasteiger partial charge on any atom is -0.375 e. The Labute approximate surface area is 131 Å². The number of hydrogen-bond donors (Lipinski definition) is 2. The molecule has 5 heteroatoms. The van der Waals surface area contributed by atoms with Gasteiger partial charge in [0.1, 0.15) is 6.07 Å². The number of nitriles is 1. The molecule has 0 aliphatic rings. The highest BCUT2D eigenvalue weighted by atomic mass is 79.9.